The largest absolute Gasteiger partial charge is 0.492 e. The number of aliphatic imine (C=N–C) groups is 1. The van der Waals surface area contributed by atoms with Crippen molar-refractivity contribution < 1.29 is 4.74 Å². The maximum absolute atomic E-state index is 5.99. The Bertz CT molecular complexity index is 818. The summed E-state index contributed by atoms with van der Waals surface area (Å²) in [6.45, 7) is 8.01. The molecular formula is C22H34N6O. The van der Waals surface area contributed by atoms with Gasteiger partial charge in [0, 0.05) is 20.1 Å². The Morgan fingerprint density at radius 1 is 1.17 bits per heavy atom. The summed E-state index contributed by atoms with van der Waals surface area (Å²) in [7, 11) is 4.04. The molecule has 0 amide bonds. The van der Waals surface area contributed by atoms with Gasteiger partial charge in [-0.2, -0.15) is 0 Å². The van der Waals surface area contributed by atoms with E-state index < -0.39 is 0 Å². The van der Waals surface area contributed by atoms with Crippen molar-refractivity contribution in [1.29, 1.82) is 0 Å². The minimum Gasteiger partial charge on any atom is -0.492 e. The van der Waals surface area contributed by atoms with E-state index in [1.54, 1.807) is 0 Å². The van der Waals surface area contributed by atoms with E-state index in [-0.39, 0.29) is 0 Å². The van der Waals surface area contributed by atoms with E-state index in [1.807, 2.05) is 18.5 Å². The molecule has 1 aliphatic rings. The van der Waals surface area contributed by atoms with Gasteiger partial charge in [0.25, 0.3) is 0 Å². The summed E-state index contributed by atoms with van der Waals surface area (Å²) < 4.78 is 7.98. The van der Waals surface area contributed by atoms with Crippen molar-refractivity contribution in [2.24, 2.45) is 12.0 Å². The van der Waals surface area contributed by atoms with Gasteiger partial charge in [-0.15, -0.1) is 10.2 Å². The number of guanidine groups is 1. The van der Waals surface area contributed by atoms with Crippen LogP contribution in [0.3, 0.4) is 0 Å². The van der Waals surface area contributed by atoms with E-state index in [0.717, 1.165) is 29.9 Å². The molecule has 0 spiro atoms. The normalized spacial score (nSPS) is 15.0. The third-order valence-corrected chi connectivity index (χ3v) is 5.49. The number of nitrogens with one attached hydrogen (secondary N) is 1. The highest BCUT2D eigenvalue weighted by Crippen LogP contribution is 2.18. The number of hydrogen-bond donors (Lipinski definition) is 1. The van der Waals surface area contributed by atoms with Crippen LogP contribution in [0.5, 0.6) is 5.75 Å². The molecule has 1 aromatic carbocycles. The van der Waals surface area contributed by atoms with Crippen LogP contribution in [0.2, 0.25) is 0 Å². The molecule has 1 N–H and O–H groups in total. The Morgan fingerprint density at radius 2 is 1.86 bits per heavy atom. The first-order valence-corrected chi connectivity index (χ1v) is 10.5. The first-order chi connectivity index (χ1) is 13.9. The average molecular weight is 399 g/mol. The number of hydrogen-bond acceptors (Lipinski definition) is 4. The summed E-state index contributed by atoms with van der Waals surface area (Å²) in [5.74, 6) is 3.60. The fraction of sp³-hybridized carbons (Fsp3) is 0.591. The highest BCUT2D eigenvalue weighted by Gasteiger charge is 2.18. The van der Waals surface area contributed by atoms with Gasteiger partial charge in [-0.3, -0.25) is 0 Å². The summed E-state index contributed by atoms with van der Waals surface area (Å²) in [6.07, 6.45) is 4.98. The maximum atomic E-state index is 5.99. The molecule has 7 nitrogen and oxygen atoms in total. The summed E-state index contributed by atoms with van der Waals surface area (Å²) >= 11 is 0. The molecule has 0 saturated heterocycles. The van der Waals surface area contributed by atoms with Crippen LogP contribution in [-0.4, -0.2) is 51.9 Å². The van der Waals surface area contributed by atoms with Crippen molar-refractivity contribution in [2.75, 3.05) is 20.2 Å². The maximum Gasteiger partial charge on any atom is 0.194 e. The predicted molar refractivity (Wildman–Crippen MR) is 116 cm³/mol. The number of aromatic nitrogens is 3. The molecule has 1 fully saturated rings. The monoisotopic (exact) mass is 398 g/mol. The summed E-state index contributed by atoms with van der Waals surface area (Å²) in [4.78, 5) is 6.98. The molecule has 3 rings (SSSR count). The Hall–Kier alpha value is -2.57. The Morgan fingerprint density at radius 3 is 2.48 bits per heavy atom. The van der Waals surface area contributed by atoms with Crippen molar-refractivity contribution in [3.63, 3.8) is 0 Å². The lowest BCUT2D eigenvalue weighted by atomic mass is 10.1. The van der Waals surface area contributed by atoms with Crippen molar-refractivity contribution in [3.8, 4) is 5.75 Å². The van der Waals surface area contributed by atoms with Gasteiger partial charge in [-0.25, -0.2) is 4.99 Å². The lowest BCUT2D eigenvalue weighted by molar-refractivity contribution is 0.280. The topological polar surface area (TPSA) is 67.6 Å². The zero-order valence-electron chi connectivity index (χ0n) is 18.4. The molecule has 0 atom stereocenters. The van der Waals surface area contributed by atoms with Crippen molar-refractivity contribution in [2.45, 2.75) is 59.0 Å². The number of nitrogens with zero attached hydrogens (tertiary/aromatic N) is 5. The zero-order valence-corrected chi connectivity index (χ0v) is 18.4. The quantitative estimate of drug-likeness (QED) is 0.573. The molecule has 0 aliphatic heterocycles. The second-order valence-corrected chi connectivity index (χ2v) is 8.08. The van der Waals surface area contributed by atoms with Crippen LogP contribution >= 0.6 is 0 Å². The molecule has 1 aromatic heterocycles. The molecule has 2 aromatic rings. The summed E-state index contributed by atoms with van der Waals surface area (Å²) in [6, 6.07) is 6.81. The third kappa shape index (κ3) is 5.95. The van der Waals surface area contributed by atoms with E-state index in [2.05, 4.69) is 59.5 Å². The first-order valence-electron chi connectivity index (χ1n) is 10.5. The highest BCUT2D eigenvalue weighted by atomic mass is 16.5. The SMILES string of the molecule is Cc1cc(C)cc(OCCN(C)C(=NCc2nnc(C)n2C)NC2CCCC2)c1. The second kappa shape index (κ2) is 9.76. The molecule has 29 heavy (non-hydrogen) atoms. The van der Waals surface area contributed by atoms with Crippen LogP contribution in [0.1, 0.15) is 48.5 Å². The lowest BCUT2D eigenvalue weighted by Crippen LogP contribution is -2.45. The van der Waals surface area contributed by atoms with E-state index in [4.69, 9.17) is 9.73 Å². The molecule has 0 unspecified atom stereocenters. The number of aryl methyl sites for hydroxylation is 3. The Balaban J connectivity index is 1.62. The van der Waals surface area contributed by atoms with Crippen molar-refractivity contribution in [1.82, 2.24) is 25.0 Å². The van der Waals surface area contributed by atoms with E-state index >= 15 is 0 Å². The van der Waals surface area contributed by atoms with Crippen molar-refractivity contribution in [3.05, 3.63) is 41.0 Å². The molecule has 1 aliphatic carbocycles. The number of ether oxygens (including phenoxy) is 1. The van der Waals surface area contributed by atoms with Gasteiger partial charge in [-0.05, 0) is 56.9 Å². The van der Waals surface area contributed by atoms with Gasteiger partial charge < -0.3 is 19.5 Å². The third-order valence-electron chi connectivity index (χ3n) is 5.49. The molecule has 1 saturated carbocycles. The fourth-order valence-corrected chi connectivity index (χ4v) is 3.69. The summed E-state index contributed by atoms with van der Waals surface area (Å²) in [5, 5.41) is 12.0. The van der Waals surface area contributed by atoms with Crippen molar-refractivity contribution >= 4 is 5.96 Å². The van der Waals surface area contributed by atoms with E-state index in [1.165, 1.54) is 36.8 Å². The zero-order chi connectivity index (χ0) is 20.8. The minimum atomic E-state index is 0.498. The fourth-order valence-electron chi connectivity index (χ4n) is 3.69. The number of likely N-dealkylation sites (N-methyl/N-ethyl adjacent to an activating group) is 1. The van der Waals surface area contributed by atoms with Gasteiger partial charge >= 0.3 is 0 Å². The van der Waals surface area contributed by atoms with Crippen LogP contribution < -0.4 is 10.1 Å². The Labute approximate surface area is 174 Å². The van der Waals surface area contributed by atoms with Crippen LogP contribution in [0.25, 0.3) is 0 Å². The second-order valence-electron chi connectivity index (χ2n) is 8.08. The Kier molecular flexibility index (Phi) is 7.12. The molecule has 0 bridgehead atoms. The summed E-state index contributed by atoms with van der Waals surface area (Å²) in [5.41, 5.74) is 2.44. The van der Waals surface area contributed by atoms with Gasteiger partial charge in [-0.1, -0.05) is 18.9 Å². The van der Waals surface area contributed by atoms with Crippen LogP contribution in [-0.2, 0) is 13.6 Å². The average Bonchev–Trinajstić information content (AvgIpc) is 3.29. The van der Waals surface area contributed by atoms with E-state index in [0.29, 0.717) is 19.2 Å². The molecular weight excluding hydrogens is 364 g/mol. The van der Waals surface area contributed by atoms with Gasteiger partial charge in [0.05, 0.1) is 6.54 Å². The predicted octanol–water partition coefficient (Wildman–Crippen LogP) is 3.14. The lowest BCUT2D eigenvalue weighted by Gasteiger charge is -2.25. The smallest absolute Gasteiger partial charge is 0.194 e. The minimum absolute atomic E-state index is 0.498. The highest BCUT2D eigenvalue weighted by molar-refractivity contribution is 5.80. The van der Waals surface area contributed by atoms with Gasteiger partial charge in [0.2, 0.25) is 0 Å². The number of rotatable bonds is 7. The van der Waals surface area contributed by atoms with Gasteiger partial charge in [0.15, 0.2) is 11.8 Å². The van der Waals surface area contributed by atoms with Gasteiger partial charge in [0.1, 0.15) is 24.7 Å². The molecule has 158 valence electrons. The first kappa shape index (κ1) is 21.1. The van der Waals surface area contributed by atoms with Crippen LogP contribution in [0.15, 0.2) is 23.2 Å². The van der Waals surface area contributed by atoms with E-state index in [9.17, 15) is 0 Å². The van der Waals surface area contributed by atoms with Crippen LogP contribution in [0.4, 0.5) is 0 Å². The molecule has 0 radical (unpaired) electrons. The molecule has 7 heteroatoms. The standard InChI is InChI=1S/C22H34N6O/c1-16-12-17(2)14-20(13-16)29-11-10-27(4)22(24-19-8-6-7-9-19)23-15-21-26-25-18(3)28(21)5/h12-14,19H,6-11,15H2,1-5H3,(H,23,24). The number of benzene rings is 1. The molecule has 1 heterocycles. The van der Waals surface area contributed by atoms with Crippen LogP contribution in [0, 0.1) is 20.8 Å².